The zero-order valence-electron chi connectivity index (χ0n) is 33.1. The summed E-state index contributed by atoms with van der Waals surface area (Å²) in [6.07, 6.45) is 11.2. The van der Waals surface area contributed by atoms with Gasteiger partial charge in [-0.3, -0.25) is 24.9 Å². The summed E-state index contributed by atoms with van der Waals surface area (Å²) in [5.41, 5.74) is 14.0. The van der Waals surface area contributed by atoms with Crippen molar-refractivity contribution >= 4 is 40.3 Å². The number of hydrazine groups is 1. The number of hydrogen-bond donors (Lipinski definition) is 2. The van der Waals surface area contributed by atoms with Crippen molar-refractivity contribution in [2.45, 2.75) is 105 Å². The highest BCUT2D eigenvalue weighted by atomic mass is 32.1. The molecule has 1 aromatic carbocycles. The first-order valence-electron chi connectivity index (χ1n) is 19.8. The molecule has 1 unspecified atom stereocenters. The first-order chi connectivity index (χ1) is 26.1. The molecular formula is C42H59N7O4S. The molecule has 0 bridgehead atoms. The largest absolute Gasteiger partial charge is 0.465 e. The van der Waals surface area contributed by atoms with Crippen molar-refractivity contribution in [1.29, 1.82) is 0 Å². The smallest absolute Gasteiger partial charge is 0.302 e. The molecule has 1 aliphatic heterocycles. The third-order valence-corrected chi connectivity index (χ3v) is 11.8. The van der Waals surface area contributed by atoms with E-state index in [1.807, 2.05) is 6.20 Å². The summed E-state index contributed by atoms with van der Waals surface area (Å²) in [4.78, 5) is 37.7. The standard InChI is InChI=1S/C42H59N7O4S/c1-7-49-38-16-13-31(41-46-32(26-54-41)12-10-8-9-11-17-44-45-28-50)22-35(38)37(24-42(4,5)27-53-30(3)51)40(49)36-23-34(25-43-39(36)29(2)52-6)48-20-18-47(19-21-48)33-14-15-33/h13,16,22-23,25-26,28-29,33,44H,7-12,14-15,17-21,24,27H2,1-6H3,(H,45,50). The van der Waals surface area contributed by atoms with Gasteiger partial charge in [0.2, 0.25) is 6.41 Å². The van der Waals surface area contributed by atoms with Crippen molar-refractivity contribution in [3.05, 3.63) is 52.8 Å². The second-order valence-electron chi connectivity index (χ2n) is 15.7. The molecule has 0 radical (unpaired) electrons. The first kappa shape index (κ1) is 39.8. The predicted octanol–water partition coefficient (Wildman–Crippen LogP) is 7.32. The highest BCUT2D eigenvalue weighted by Crippen LogP contribution is 2.43. The van der Waals surface area contributed by atoms with Crippen LogP contribution in [0, 0.1) is 5.41 Å². The third-order valence-electron chi connectivity index (χ3n) is 10.9. The number of esters is 1. The Hall–Kier alpha value is -3.84. The zero-order chi connectivity index (χ0) is 38.2. The number of aryl methyl sites for hydroxylation is 2. The van der Waals surface area contributed by atoms with Gasteiger partial charge < -0.3 is 18.9 Å². The fraction of sp³-hybridized carbons (Fsp3) is 0.571. The van der Waals surface area contributed by atoms with Crippen LogP contribution >= 0.6 is 11.3 Å². The molecule has 6 rings (SSSR count). The van der Waals surface area contributed by atoms with Gasteiger partial charge in [0.05, 0.1) is 41.7 Å². The number of carbonyl (C=O) groups is 2. The molecule has 11 nitrogen and oxygen atoms in total. The number of pyridine rings is 1. The summed E-state index contributed by atoms with van der Waals surface area (Å²) < 4.78 is 14.0. The number of carbonyl (C=O) groups excluding carboxylic acids is 2. The summed E-state index contributed by atoms with van der Waals surface area (Å²) in [7, 11) is 1.75. The van der Waals surface area contributed by atoms with Crippen LogP contribution in [0.4, 0.5) is 5.69 Å². The van der Waals surface area contributed by atoms with Crippen LogP contribution in [0.2, 0.25) is 0 Å². The van der Waals surface area contributed by atoms with Crippen molar-refractivity contribution in [3.8, 4) is 21.8 Å². The van der Waals surface area contributed by atoms with E-state index in [0.29, 0.717) is 19.4 Å². The van der Waals surface area contributed by atoms with Crippen LogP contribution in [0.15, 0.2) is 35.8 Å². The van der Waals surface area contributed by atoms with Gasteiger partial charge in [-0.1, -0.05) is 26.7 Å². The number of nitrogens with one attached hydrogen (secondary N) is 2. The molecule has 1 atom stereocenters. The normalized spacial score (nSPS) is 15.9. The molecule has 2 N–H and O–H groups in total. The van der Waals surface area contributed by atoms with Gasteiger partial charge in [-0.05, 0) is 82.2 Å². The molecule has 12 heteroatoms. The van der Waals surface area contributed by atoms with E-state index in [4.69, 9.17) is 19.4 Å². The number of methoxy groups -OCH3 is 1. The van der Waals surface area contributed by atoms with Gasteiger partial charge in [-0.15, -0.1) is 11.3 Å². The number of nitrogens with zero attached hydrogens (tertiary/aromatic N) is 5. The monoisotopic (exact) mass is 757 g/mol. The van der Waals surface area contributed by atoms with E-state index in [-0.39, 0.29) is 17.5 Å². The van der Waals surface area contributed by atoms with Gasteiger partial charge in [0, 0.05) is 92.2 Å². The lowest BCUT2D eigenvalue weighted by Crippen LogP contribution is -2.47. The predicted molar refractivity (Wildman–Crippen MR) is 218 cm³/mol. The van der Waals surface area contributed by atoms with Crippen LogP contribution < -0.4 is 15.8 Å². The second-order valence-corrected chi connectivity index (χ2v) is 16.5. The minimum Gasteiger partial charge on any atom is -0.465 e. The number of hydrogen-bond acceptors (Lipinski definition) is 10. The van der Waals surface area contributed by atoms with Crippen LogP contribution in [0.3, 0.4) is 0 Å². The minimum atomic E-state index is -0.324. The second kappa shape index (κ2) is 18.2. The summed E-state index contributed by atoms with van der Waals surface area (Å²) in [6.45, 7) is 16.2. The molecule has 1 amide bonds. The molecular weight excluding hydrogens is 699 g/mol. The highest BCUT2D eigenvalue weighted by molar-refractivity contribution is 7.13. The van der Waals surface area contributed by atoms with E-state index in [1.54, 1.807) is 18.4 Å². The number of rotatable bonds is 20. The van der Waals surface area contributed by atoms with Crippen molar-refractivity contribution in [1.82, 2.24) is 30.3 Å². The Kier molecular flexibility index (Phi) is 13.4. The molecule has 4 aromatic rings. The molecule has 2 aliphatic rings. The zero-order valence-corrected chi connectivity index (χ0v) is 33.9. The average molecular weight is 758 g/mol. The lowest BCUT2D eigenvalue weighted by molar-refractivity contribution is -0.143. The number of aromatic nitrogens is 3. The van der Waals surface area contributed by atoms with Crippen molar-refractivity contribution < 1.29 is 19.1 Å². The molecule has 4 heterocycles. The van der Waals surface area contributed by atoms with E-state index in [1.165, 1.54) is 36.2 Å². The quantitative estimate of drug-likeness (QED) is 0.0415. The van der Waals surface area contributed by atoms with Gasteiger partial charge in [0.15, 0.2) is 0 Å². The highest BCUT2D eigenvalue weighted by Gasteiger charge is 2.33. The summed E-state index contributed by atoms with van der Waals surface area (Å²) in [5.74, 6) is -0.264. The fourth-order valence-electron chi connectivity index (χ4n) is 7.79. The Labute approximate surface area is 324 Å². The molecule has 292 valence electrons. The SMILES string of the molecule is CCn1c(-c2cc(N3CCN(C4CC4)CC3)cnc2C(C)OC)c(CC(C)(C)COC(C)=O)c2cc(-c3nc(CCCCCCNNC=O)cs3)ccc21. The van der Waals surface area contributed by atoms with Crippen LogP contribution in [0.1, 0.15) is 96.2 Å². The van der Waals surface area contributed by atoms with Gasteiger partial charge in [-0.2, -0.15) is 0 Å². The number of unbranched alkanes of at least 4 members (excludes halogenated alkanes) is 3. The lowest BCUT2D eigenvalue weighted by Gasteiger charge is -2.36. The molecule has 1 saturated heterocycles. The summed E-state index contributed by atoms with van der Waals surface area (Å²) in [5, 5.41) is 4.41. The number of fused-ring (bicyclic) bond motifs is 1. The maximum atomic E-state index is 12.0. The number of anilines is 1. The van der Waals surface area contributed by atoms with E-state index in [9.17, 15) is 9.59 Å². The van der Waals surface area contributed by atoms with E-state index in [2.05, 4.69) is 82.6 Å². The maximum absolute atomic E-state index is 12.0. The Bertz CT molecular complexity index is 1880. The van der Waals surface area contributed by atoms with E-state index in [0.717, 1.165) is 116 Å². The Morgan fingerprint density at radius 3 is 2.59 bits per heavy atom. The van der Waals surface area contributed by atoms with Crippen LogP contribution in [0.25, 0.3) is 32.7 Å². The first-order valence-corrected chi connectivity index (χ1v) is 20.7. The van der Waals surface area contributed by atoms with Gasteiger partial charge in [0.1, 0.15) is 5.01 Å². The van der Waals surface area contributed by atoms with Gasteiger partial charge in [-0.25, -0.2) is 10.4 Å². The number of benzene rings is 1. The number of amides is 1. The topological polar surface area (TPSA) is 114 Å². The van der Waals surface area contributed by atoms with E-state index < -0.39 is 0 Å². The summed E-state index contributed by atoms with van der Waals surface area (Å²) in [6, 6.07) is 9.91. The fourth-order valence-corrected chi connectivity index (χ4v) is 8.64. The van der Waals surface area contributed by atoms with E-state index >= 15 is 0 Å². The number of ether oxygens (including phenoxy) is 2. The molecule has 1 saturated carbocycles. The Balaban J connectivity index is 1.36. The number of piperazine rings is 1. The molecule has 54 heavy (non-hydrogen) atoms. The van der Waals surface area contributed by atoms with Gasteiger partial charge in [0.25, 0.3) is 0 Å². The lowest BCUT2D eigenvalue weighted by atomic mass is 9.84. The van der Waals surface area contributed by atoms with Crippen molar-refractivity contribution in [2.24, 2.45) is 5.41 Å². The molecule has 2 fully saturated rings. The Morgan fingerprint density at radius 2 is 1.89 bits per heavy atom. The molecule has 3 aromatic heterocycles. The van der Waals surface area contributed by atoms with Crippen LogP contribution in [0.5, 0.6) is 0 Å². The van der Waals surface area contributed by atoms with Crippen molar-refractivity contribution in [2.75, 3.05) is 51.3 Å². The third kappa shape index (κ3) is 9.69. The average Bonchev–Trinajstić information content (AvgIpc) is 3.85. The van der Waals surface area contributed by atoms with Crippen molar-refractivity contribution in [3.63, 3.8) is 0 Å². The maximum Gasteiger partial charge on any atom is 0.302 e. The number of thiazole rings is 1. The van der Waals surface area contributed by atoms with Crippen LogP contribution in [-0.4, -0.2) is 84.3 Å². The Morgan fingerprint density at radius 1 is 1.11 bits per heavy atom. The van der Waals surface area contributed by atoms with Crippen LogP contribution in [-0.2, 0) is 38.4 Å². The minimum absolute atomic E-state index is 0.202. The molecule has 1 aliphatic carbocycles. The molecule has 0 spiro atoms. The van der Waals surface area contributed by atoms with Gasteiger partial charge >= 0.3 is 5.97 Å². The summed E-state index contributed by atoms with van der Waals surface area (Å²) >= 11 is 1.70.